The maximum absolute atomic E-state index is 13.9. The fraction of sp³-hybridized carbons (Fsp3) is 0.333. The lowest BCUT2D eigenvalue weighted by atomic mass is 9.86. The Bertz CT molecular complexity index is 2210. The minimum absolute atomic E-state index is 0.0507. The summed E-state index contributed by atoms with van der Waals surface area (Å²) < 4.78 is 82.5. The number of hydrogen-bond donors (Lipinski definition) is 2. The van der Waals surface area contributed by atoms with Gasteiger partial charge in [-0.15, -0.1) is 0 Å². The van der Waals surface area contributed by atoms with Crippen LogP contribution in [0.2, 0.25) is 0 Å². The predicted molar refractivity (Wildman–Crippen MR) is 209 cm³/mol. The Morgan fingerprint density at radius 1 is 0.759 bits per heavy atom. The second-order valence-corrected chi connectivity index (χ2v) is 15.6. The van der Waals surface area contributed by atoms with Gasteiger partial charge < -0.3 is 24.8 Å². The number of ether oxygens (including phenoxy) is 3. The molecule has 0 aromatic heterocycles. The molecule has 1 aliphatic carbocycles. The number of methoxy groups -OCH3 is 2. The zero-order valence-corrected chi connectivity index (χ0v) is 33.0. The topological polar surface area (TPSA) is 157 Å². The lowest BCUT2D eigenvalue weighted by Crippen LogP contribution is -2.43. The number of aryl methyl sites for hydroxylation is 2. The Kier molecular flexibility index (Phi) is 14.3. The normalized spacial score (nSPS) is 15.6. The van der Waals surface area contributed by atoms with Gasteiger partial charge in [-0.2, -0.15) is 17.5 Å². The molecule has 2 amide bonds. The Labute approximate surface area is 334 Å². The number of benzene rings is 4. The molecule has 0 spiro atoms. The maximum Gasteiger partial charge on any atom is 0.422 e. The predicted octanol–water partition coefficient (Wildman–Crippen LogP) is 7.45. The van der Waals surface area contributed by atoms with Gasteiger partial charge in [0.25, 0.3) is 11.8 Å². The molecule has 4 aromatic carbocycles. The van der Waals surface area contributed by atoms with E-state index in [0.29, 0.717) is 49.8 Å². The van der Waals surface area contributed by atoms with Gasteiger partial charge in [0.1, 0.15) is 5.75 Å². The molecule has 58 heavy (non-hydrogen) atoms. The third kappa shape index (κ3) is 11.2. The molecule has 0 bridgehead atoms. The molecule has 0 heterocycles. The third-order valence-corrected chi connectivity index (χ3v) is 11.9. The number of anilines is 2. The summed E-state index contributed by atoms with van der Waals surface area (Å²) in [6.45, 7) is 0.254. The molecule has 1 saturated carbocycles. The van der Waals surface area contributed by atoms with E-state index in [9.17, 15) is 40.8 Å². The molecule has 0 saturated heterocycles. The van der Waals surface area contributed by atoms with Gasteiger partial charge in [0, 0.05) is 23.8 Å². The van der Waals surface area contributed by atoms with Crippen LogP contribution in [0.3, 0.4) is 0 Å². The van der Waals surface area contributed by atoms with Crippen LogP contribution < -0.4 is 15.4 Å². The number of esters is 2. The zero-order valence-electron chi connectivity index (χ0n) is 32.1. The van der Waals surface area contributed by atoms with Crippen molar-refractivity contribution in [3.05, 3.63) is 119 Å². The zero-order chi connectivity index (χ0) is 42.0. The average molecular weight is 824 g/mol. The highest BCUT2D eigenvalue weighted by atomic mass is 32.2. The Balaban J connectivity index is 1.30. The number of rotatable bonds is 15. The summed E-state index contributed by atoms with van der Waals surface area (Å²) in [5.74, 6) is -2.86. The summed E-state index contributed by atoms with van der Waals surface area (Å²) in [7, 11) is -1.45. The summed E-state index contributed by atoms with van der Waals surface area (Å²) in [6, 6.07) is 22.5. The Hall–Kier alpha value is -5.74. The van der Waals surface area contributed by atoms with Gasteiger partial charge in [-0.05, 0) is 110 Å². The minimum Gasteiger partial charge on any atom is -0.484 e. The number of alkyl halides is 3. The van der Waals surface area contributed by atoms with Crippen LogP contribution in [-0.2, 0) is 37.1 Å². The van der Waals surface area contributed by atoms with Crippen molar-refractivity contribution in [3.63, 3.8) is 0 Å². The summed E-state index contributed by atoms with van der Waals surface area (Å²) in [5, 5.41) is 5.30. The van der Waals surface area contributed by atoms with Crippen LogP contribution in [-0.4, -0.2) is 76.1 Å². The second kappa shape index (κ2) is 19.1. The van der Waals surface area contributed by atoms with Gasteiger partial charge >= 0.3 is 18.1 Å². The standard InChI is InChI=1S/C42H44F3N3O9S/c1-4-48(33-20-16-30(17-21-33)41(52)56-3)58(53,54)35-7-5-6-31(24-35)38(49)47-37-23-22-34(57-26-42(43,44)45)25-36(37)39(50)46-32-18-12-28(13-19-32)9-8-27-10-14-29(15-11-27)40(51)55-2/h5-7,10-15,18-19,22-25,30,33H,4,8-9,16-17,20-21,26H2,1-3H3,(H,46,50)(H,47,49). The molecule has 5 rings (SSSR count). The van der Waals surface area contributed by atoms with Crippen LogP contribution in [0.15, 0.2) is 95.9 Å². The molecule has 0 atom stereocenters. The molecule has 1 aliphatic rings. The first kappa shape index (κ1) is 43.4. The van der Waals surface area contributed by atoms with Crippen LogP contribution >= 0.6 is 0 Å². The van der Waals surface area contributed by atoms with Crippen molar-refractivity contribution in [2.24, 2.45) is 5.92 Å². The van der Waals surface area contributed by atoms with Gasteiger partial charge in [-0.25, -0.2) is 13.2 Å². The molecular weight excluding hydrogens is 780 g/mol. The van der Waals surface area contributed by atoms with Gasteiger partial charge in [0.15, 0.2) is 6.61 Å². The van der Waals surface area contributed by atoms with Crippen molar-refractivity contribution in [3.8, 4) is 5.75 Å². The van der Waals surface area contributed by atoms with Crippen molar-refractivity contribution < 1.29 is 55.0 Å². The third-order valence-electron chi connectivity index (χ3n) is 9.83. The van der Waals surface area contributed by atoms with E-state index in [0.717, 1.165) is 17.2 Å². The molecule has 2 N–H and O–H groups in total. The monoisotopic (exact) mass is 823 g/mol. The van der Waals surface area contributed by atoms with Crippen LogP contribution in [0.4, 0.5) is 24.5 Å². The fourth-order valence-corrected chi connectivity index (χ4v) is 8.50. The highest BCUT2D eigenvalue weighted by Gasteiger charge is 2.36. The van der Waals surface area contributed by atoms with Crippen LogP contribution in [0, 0.1) is 5.92 Å². The SMILES string of the molecule is CCN(C1CCC(C(=O)OC)CC1)S(=O)(=O)c1cccc(C(=O)Nc2ccc(OCC(F)(F)F)cc2C(=O)Nc2ccc(CCc3ccc(C(=O)OC)cc3)cc2)c1. The highest BCUT2D eigenvalue weighted by Crippen LogP contribution is 2.32. The maximum atomic E-state index is 13.9. The number of nitrogens with one attached hydrogen (secondary N) is 2. The molecule has 0 aliphatic heterocycles. The quantitative estimate of drug-likeness (QED) is 0.116. The van der Waals surface area contributed by atoms with Gasteiger partial charge in [-0.1, -0.05) is 37.3 Å². The number of amides is 2. The highest BCUT2D eigenvalue weighted by molar-refractivity contribution is 7.89. The van der Waals surface area contributed by atoms with E-state index < -0.39 is 40.6 Å². The smallest absolute Gasteiger partial charge is 0.422 e. The molecule has 4 aromatic rings. The summed E-state index contributed by atoms with van der Waals surface area (Å²) in [5.41, 5.74) is 2.43. The van der Waals surface area contributed by atoms with E-state index in [2.05, 4.69) is 10.6 Å². The van der Waals surface area contributed by atoms with Gasteiger partial charge in [0.2, 0.25) is 10.0 Å². The first-order chi connectivity index (χ1) is 27.6. The van der Waals surface area contributed by atoms with Crippen molar-refractivity contribution >= 4 is 45.2 Å². The molecule has 1 fully saturated rings. The Morgan fingerprint density at radius 2 is 1.40 bits per heavy atom. The van der Waals surface area contributed by atoms with Crippen LogP contribution in [0.25, 0.3) is 0 Å². The molecule has 0 radical (unpaired) electrons. The lowest BCUT2D eigenvalue weighted by Gasteiger charge is -2.34. The fourth-order valence-electron chi connectivity index (χ4n) is 6.76. The van der Waals surface area contributed by atoms with E-state index in [-0.39, 0.29) is 51.9 Å². The van der Waals surface area contributed by atoms with E-state index in [1.165, 1.54) is 54.9 Å². The number of nitrogens with zero attached hydrogens (tertiary/aromatic N) is 1. The number of halogens is 3. The summed E-state index contributed by atoms with van der Waals surface area (Å²) in [6.07, 6.45) is -1.45. The first-order valence-corrected chi connectivity index (χ1v) is 20.0. The van der Waals surface area contributed by atoms with E-state index in [1.54, 1.807) is 43.3 Å². The average Bonchev–Trinajstić information content (AvgIpc) is 3.22. The van der Waals surface area contributed by atoms with E-state index in [1.807, 2.05) is 12.1 Å². The van der Waals surface area contributed by atoms with E-state index in [4.69, 9.17) is 14.2 Å². The number of carbonyl (C=O) groups excluding carboxylic acids is 4. The number of sulfonamides is 1. The van der Waals surface area contributed by atoms with E-state index >= 15 is 0 Å². The minimum atomic E-state index is -4.65. The Morgan fingerprint density at radius 3 is 1.98 bits per heavy atom. The summed E-state index contributed by atoms with van der Waals surface area (Å²) in [4.78, 5) is 50.8. The van der Waals surface area contributed by atoms with Crippen LogP contribution in [0.5, 0.6) is 5.75 Å². The molecule has 16 heteroatoms. The lowest BCUT2D eigenvalue weighted by molar-refractivity contribution is -0.153. The molecule has 0 unspecified atom stereocenters. The largest absolute Gasteiger partial charge is 0.484 e. The van der Waals surface area contributed by atoms with Crippen molar-refractivity contribution in [2.75, 3.05) is 38.0 Å². The van der Waals surface area contributed by atoms with Gasteiger partial charge in [0.05, 0.1) is 41.8 Å². The van der Waals surface area contributed by atoms with Gasteiger partial charge in [-0.3, -0.25) is 14.4 Å². The number of hydrogen-bond acceptors (Lipinski definition) is 9. The van der Waals surface area contributed by atoms with Crippen molar-refractivity contribution in [1.82, 2.24) is 4.31 Å². The summed E-state index contributed by atoms with van der Waals surface area (Å²) >= 11 is 0. The van der Waals surface area contributed by atoms with Crippen molar-refractivity contribution in [1.29, 1.82) is 0 Å². The number of carbonyl (C=O) groups is 4. The molecule has 12 nitrogen and oxygen atoms in total. The van der Waals surface area contributed by atoms with Crippen molar-refractivity contribution in [2.45, 2.75) is 62.6 Å². The first-order valence-electron chi connectivity index (χ1n) is 18.5. The van der Waals surface area contributed by atoms with Crippen LogP contribution in [0.1, 0.15) is 74.8 Å². The molecule has 308 valence electrons. The molecular formula is C42H44F3N3O9S. The second-order valence-electron chi connectivity index (χ2n) is 13.7.